The molecule has 0 aliphatic heterocycles. The van der Waals surface area contributed by atoms with Crippen LogP contribution in [0.3, 0.4) is 0 Å². The Hall–Kier alpha value is -3.51. The van der Waals surface area contributed by atoms with Crippen LogP contribution in [0.15, 0.2) is 72.9 Å². The number of hydrogen-bond donors (Lipinski definition) is 0. The van der Waals surface area contributed by atoms with E-state index in [1.807, 2.05) is 73.8 Å². The Labute approximate surface area is 146 Å². The largest absolute Gasteiger partial charge is 0.254 e. The molecule has 3 heteroatoms. The third-order valence-corrected chi connectivity index (χ3v) is 4.22. The topological polar surface area (TPSA) is 49.6 Å². The molecule has 4 rings (SSSR count). The van der Waals surface area contributed by atoms with Crippen LogP contribution < -0.4 is 0 Å². The average Bonchev–Trinajstić information content (AvgIpc) is 2.67. The minimum absolute atomic E-state index is 0.570. The maximum Gasteiger partial charge on any atom is 0.101 e. The van der Waals surface area contributed by atoms with E-state index in [2.05, 4.69) is 22.1 Å². The number of pyridine rings is 2. The van der Waals surface area contributed by atoms with Gasteiger partial charge in [-0.1, -0.05) is 48.5 Å². The van der Waals surface area contributed by atoms with Crippen molar-refractivity contribution in [2.24, 2.45) is 0 Å². The number of nitrogens with zero attached hydrogens (tertiary/aromatic N) is 3. The van der Waals surface area contributed by atoms with Crippen LogP contribution in [0, 0.1) is 18.3 Å². The van der Waals surface area contributed by atoms with Crippen molar-refractivity contribution in [3.05, 3.63) is 84.2 Å². The molecule has 0 aliphatic carbocycles. The van der Waals surface area contributed by atoms with E-state index in [0.29, 0.717) is 11.3 Å². The summed E-state index contributed by atoms with van der Waals surface area (Å²) in [6, 6.07) is 24.2. The molecule has 0 atom stereocenters. The van der Waals surface area contributed by atoms with Gasteiger partial charge in [0, 0.05) is 28.4 Å². The third-order valence-electron chi connectivity index (χ3n) is 4.22. The van der Waals surface area contributed by atoms with Crippen LogP contribution in [-0.2, 0) is 0 Å². The Morgan fingerprint density at radius 3 is 2.44 bits per heavy atom. The molecule has 0 radical (unpaired) electrons. The van der Waals surface area contributed by atoms with Crippen molar-refractivity contribution >= 4 is 10.9 Å². The van der Waals surface area contributed by atoms with Gasteiger partial charge < -0.3 is 0 Å². The number of nitriles is 1. The fourth-order valence-corrected chi connectivity index (χ4v) is 2.93. The summed E-state index contributed by atoms with van der Waals surface area (Å²) in [7, 11) is 0. The summed E-state index contributed by atoms with van der Waals surface area (Å²) in [5.41, 5.74) is 6.09. The molecule has 0 aliphatic rings. The number of hydrogen-bond acceptors (Lipinski definition) is 3. The highest BCUT2D eigenvalue weighted by atomic mass is 14.7. The number of fused-ring (bicyclic) bond motifs is 1. The molecular formula is C22H15N3. The zero-order chi connectivity index (χ0) is 17.2. The molecule has 0 N–H and O–H groups in total. The van der Waals surface area contributed by atoms with Gasteiger partial charge in [-0.2, -0.15) is 5.26 Å². The third kappa shape index (κ3) is 2.86. The Bertz CT molecular complexity index is 1110. The zero-order valence-electron chi connectivity index (χ0n) is 13.8. The zero-order valence-corrected chi connectivity index (χ0v) is 13.8. The predicted molar refractivity (Wildman–Crippen MR) is 99.9 cm³/mol. The van der Waals surface area contributed by atoms with Crippen molar-refractivity contribution in [2.45, 2.75) is 6.92 Å². The van der Waals surface area contributed by atoms with E-state index < -0.39 is 0 Å². The van der Waals surface area contributed by atoms with Crippen LogP contribution in [0.2, 0.25) is 0 Å². The minimum Gasteiger partial charge on any atom is -0.254 e. The highest BCUT2D eigenvalue weighted by Gasteiger charge is 2.09. The van der Waals surface area contributed by atoms with E-state index in [-0.39, 0.29) is 0 Å². The Morgan fingerprint density at radius 1 is 0.840 bits per heavy atom. The summed E-state index contributed by atoms with van der Waals surface area (Å²) < 4.78 is 0. The maximum atomic E-state index is 9.56. The van der Waals surface area contributed by atoms with E-state index in [0.717, 1.165) is 33.3 Å². The Kier molecular flexibility index (Phi) is 3.72. The van der Waals surface area contributed by atoms with Gasteiger partial charge in [-0.15, -0.1) is 0 Å². The van der Waals surface area contributed by atoms with Gasteiger partial charge in [0.15, 0.2) is 0 Å². The van der Waals surface area contributed by atoms with E-state index >= 15 is 0 Å². The summed E-state index contributed by atoms with van der Waals surface area (Å²) in [5, 5.41) is 10.7. The second-order valence-electron chi connectivity index (χ2n) is 5.96. The van der Waals surface area contributed by atoms with Gasteiger partial charge in [0.2, 0.25) is 0 Å². The summed E-state index contributed by atoms with van der Waals surface area (Å²) >= 11 is 0. The molecular weight excluding hydrogens is 306 g/mol. The minimum atomic E-state index is 0.570. The van der Waals surface area contributed by atoms with Crippen molar-refractivity contribution in [3.63, 3.8) is 0 Å². The standard InChI is InChI=1S/C22H15N3/c1-15-7-8-16-9-10-18(12-21(16)25-15)20-11-19(13-23)22(24-14-20)17-5-3-2-4-6-17/h2-12,14H,1H3. The van der Waals surface area contributed by atoms with Crippen LogP contribution in [0.1, 0.15) is 11.3 Å². The molecule has 0 bridgehead atoms. The van der Waals surface area contributed by atoms with Gasteiger partial charge in [-0.25, -0.2) is 0 Å². The molecule has 0 spiro atoms. The molecule has 2 heterocycles. The fraction of sp³-hybridized carbons (Fsp3) is 0.0455. The lowest BCUT2D eigenvalue weighted by atomic mass is 10.0. The number of rotatable bonds is 2. The van der Waals surface area contributed by atoms with E-state index in [1.165, 1.54) is 0 Å². The quantitative estimate of drug-likeness (QED) is 0.513. The molecule has 2 aromatic carbocycles. The van der Waals surface area contributed by atoms with Crippen molar-refractivity contribution in [1.82, 2.24) is 9.97 Å². The highest BCUT2D eigenvalue weighted by molar-refractivity contribution is 5.85. The first-order chi connectivity index (χ1) is 12.2. The number of aromatic nitrogens is 2. The van der Waals surface area contributed by atoms with Crippen molar-refractivity contribution < 1.29 is 0 Å². The molecule has 3 nitrogen and oxygen atoms in total. The molecule has 4 aromatic rings. The number of aryl methyl sites for hydroxylation is 1. The summed E-state index contributed by atoms with van der Waals surface area (Å²) in [5.74, 6) is 0. The van der Waals surface area contributed by atoms with Crippen molar-refractivity contribution in [2.75, 3.05) is 0 Å². The van der Waals surface area contributed by atoms with Crippen LogP contribution in [0.4, 0.5) is 0 Å². The van der Waals surface area contributed by atoms with Crippen LogP contribution >= 0.6 is 0 Å². The Morgan fingerprint density at radius 2 is 1.64 bits per heavy atom. The summed E-state index contributed by atoms with van der Waals surface area (Å²) in [6.07, 6.45) is 1.82. The predicted octanol–water partition coefficient (Wildman–Crippen LogP) is 5.14. The van der Waals surface area contributed by atoms with Crippen molar-refractivity contribution in [1.29, 1.82) is 5.26 Å². The first kappa shape index (κ1) is 15.0. The summed E-state index contributed by atoms with van der Waals surface area (Å²) in [4.78, 5) is 9.13. The Balaban J connectivity index is 1.83. The molecule has 2 aromatic heterocycles. The lowest BCUT2D eigenvalue weighted by Crippen LogP contribution is -1.91. The van der Waals surface area contributed by atoms with Crippen LogP contribution in [0.5, 0.6) is 0 Å². The molecule has 25 heavy (non-hydrogen) atoms. The normalized spacial score (nSPS) is 10.6. The SMILES string of the molecule is Cc1ccc2ccc(-c3cnc(-c4ccccc4)c(C#N)c3)cc2n1. The lowest BCUT2D eigenvalue weighted by Gasteiger charge is -2.08. The van der Waals surface area contributed by atoms with Crippen LogP contribution in [-0.4, -0.2) is 9.97 Å². The van der Waals surface area contributed by atoms with Gasteiger partial charge in [-0.3, -0.25) is 9.97 Å². The monoisotopic (exact) mass is 321 g/mol. The van der Waals surface area contributed by atoms with Gasteiger partial charge in [0.05, 0.1) is 16.8 Å². The molecule has 0 saturated heterocycles. The van der Waals surface area contributed by atoms with Gasteiger partial charge >= 0.3 is 0 Å². The maximum absolute atomic E-state index is 9.56. The second kappa shape index (κ2) is 6.18. The molecule has 0 amide bonds. The van der Waals surface area contributed by atoms with Gasteiger partial charge in [0.25, 0.3) is 0 Å². The number of benzene rings is 2. The fourth-order valence-electron chi connectivity index (χ4n) is 2.93. The van der Waals surface area contributed by atoms with Gasteiger partial charge in [-0.05, 0) is 30.7 Å². The molecule has 0 saturated carbocycles. The van der Waals surface area contributed by atoms with Crippen molar-refractivity contribution in [3.8, 4) is 28.5 Å². The average molecular weight is 321 g/mol. The molecule has 0 fully saturated rings. The molecule has 0 unspecified atom stereocenters. The molecule has 118 valence electrons. The first-order valence-electron chi connectivity index (χ1n) is 8.08. The van der Waals surface area contributed by atoms with Gasteiger partial charge in [0.1, 0.15) is 6.07 Å². The van der Waals surface area contributed by atoms with Crippen LogP contribution in [0.25, 0.3) is 33.3 Å². The summed E-state index contributed by atoms with van der Waals surface area (Å²) in [6.45, 7) is 1.98. The second-order valence-corrected chi connectivity index (χ2v) is 5.96. The van der Waals surface area contributed by atoms with E-state index in [9.17, 15) is 5.26 Å². The highest BCUT2D eigenvalue weighted by Crippen LogP contribution is 2.28. The first-order valence-corrected chi connectivity index (χ1v) is 8.08. The van der Waals surface area contributed by atoms with E-state index in [4.69, 9.17) is 0 Å². The smallest absolute Gasteiger partial charge is 0.101 e. The van der Waals surface area contributed by atoms with E-state index in [1.54, 1.807) is 0 Å². The lowest BCUT2D eigenvalue weighted by molar-refractivity contribution is 1.25.